The molecule has 1 aromatic heterocycles. The van der Waals surface area contributed by atoms with E-state index in [2.05, 4.69) is 0 Å². The molecule has 0 amide bonds. The Morgan fingerprint density at radius 2 is 1.12 bits per heavy atom. The first-order valence-corrected chi connectivity index (χ1v) is 8.01. The molecule has 0 bridgehead atoms. The second-order valence-corrected chi connectivity index (χ2v) is 5.77. The number of hydrogen-bond donors (Lipinski definition) is 2. The lowest BCUT2D eigenvalue weighted by molar-refractivity contribution is 0.426. The van der Waals surface area contributed by atoms with Crippen LogP contribution in [0.4, 0.5) is 0 Å². The van der Waals surface area contributed by atoms with Crippen molar-refractivity contribution in [1.29, 1.82) is 0 Å². The first-order valence-electron chi connectivity index (χ1n) is 8.01. The number of nitrogens with zero attached hydrogens (tertiary/aromatic N) is 2. The van der Waals surface area contributed by atoms with Gasteiger partial charge in [-0.1, -0.05) is 66.7 Å². The summed E-state index contributed by atoms with van der Waals surface area (Å²) in [6.07, 6.45) is 0. The zero-order valence-corrected chi connectivity index (χ0v) is 13.4. The van der Waals surface area contributed by atoms with Crippen molar-refractivity contribution in [3.05, 3.63) is 78.9 Å². The number of hydrogen-bond acceptors (Lipinski definition) is 4. The zero-order valence-electron chi connectivity index (χ0n) is 13.4. The fourth-order valence-corrected chi connectivity index (χ4v) is 2.83. The molecule has 120 valence electrons. The zero-order chi connectivity index (χ0) is 17.2. The van der Waals surface area contributed by atoms with Gasteiger partial charge in [0, 0.05) is 11.1 Å². The molecule has 0 radical (unpaired) electrons. The molecule has 4 aromatic rings. The molecule has 0 aliphatic heterocycles. The van der Waals surface area contributed by atoms with Crippen molar-refractivity contribution in [2.24, 2.45) is 0 Å². The molecule has 0 aliphatic carbocycles. The highest BCUT2D eigenvalue weighted by molar-refractivity contribution is 6.58. The quantitative estimate of drug-likeness (QED) is 0.568. The smallest absolute Gasteiger partial charge is 0.423 e. The normalized spacial score (nSPS) is 10.8. The minimum absolute atomic E-state index is 0.397. The molecule has 4 nitrogen and oxygen atoms in total. The summed E-state index contributed by atoms with van der Waals surface area (Å²) < 4.78 is 0. The van der Waals surface area contributed by atoms with E-state index < -0.39 is 7.12 Å². The van der Waals surface area contributed by atoms with Gasteiger partial charge >= 0.3 is 7.12 Å². The Bertz CT molecular complexity index is 1020. The third kappa shape index (κ3) is 3.03. The van der Waals surface area contributed by atoms with Gasteiger partial charge in [-0.3, -0.25) is 0 Å². The summed E-state index contributed by atoms with van der Waals surface area (Å²) in [5, 5.41) is 18.8. The Balaban J connectivity index is 2.00. The van der Waals surface area contributed by atoms with Crippen LogP contribution < -0.4 is 5.46 Å². The largest absolute Gasteiger partial charge is 0.488 e. The van der Waals surface area contributed by atoms with Crippen LogP contribution in [0.3, 0.4) is 0 Å². The lowest BCUT2D eigenvalue weighted by Crippen LogP contribution is -2.29. The monoisotopic (exact) mass is 326 g/mol. The molecule has 2 N–H and O–H groups in total. The van der Waals surface area contributed by atoms with Crippen LogP contribution >= 0.6 is 0 Å². The highest BCUT2D eigenvalue weighted by Gasteiger charge is 2.16. The molecule has 1 heterocycles. The van der Waals surface area contributed by atoms with Crippen molar-refractivity contribution >= 4 is 23.6 Å². The first kappa shape index (κ1) is 15.5. The van der Waals surface area contributed by atoms with Crippen LogP contribution in [-0.4, -0.2) is 27.1 Å². The lowest BCUT2D eigenvalue weighted by Gasteiger charge is -2.11. The molecular formula is C20H15BN2O2. The molecule has 0 atom stereocenters. The number of benzene rings is 3. The van der Waals surface area contributed by atoms with Gasteiger partial charge < -0.3 is 10.0 Å². The summed E-state index contributed by atoms with van der Waals surface area (Å²) in [7, 11) is -1.53. The van der Waals surface area contributed by atoms with Gasteiger partial charge in [-0.25, -0.2) is 9.97 Å². The van der Waals surface area contributed by atoms with E-state index in [1.165, 1.54) is 0 Å². The van der Waals surface area contributed by atoms with Gasteiger partial charge in [0.1, 0.15) is 0 Å². The molecule has 0 fully saturated rings. The van der Waals surface area contributed by atoms with Crippen molar-refractivity contribution in [2.45, 2.75) is 0 Å². The molecule has 3 aromatic carbocycles. The standard InChI is InChI=1S/C20H15BN2O2/c24-21(25)16-11-12-17-18(13-16)23-20(15-9-5-2-6-10-15)19(22-17)14-7-3-1-4-8-14/h1-13,24-25H. The average Bonchev–Trinajstić information content (AvgIpc) is 2.68. The summed E-state index contributed by atoms with van der Waals surface area (Å²) in [5.41, 5.74) is 5.26. The highest BCUT2D eigenvalue weighted by Crippen LogP contribution is 2.30. The van der Waals surface area contributed by atoms with E-state index in [9.17, 15) is 10.0 Å². The van der Waals surface area contributed by atoms with Crippen LogP contribution in [0.1, 0.15) is 0 Å². The topological polar surface area (TPSA) is 66.2 Å². The Morgan fingerprint density at radius 1 is 0.600 bits per heavy atom. The minimum Gasteiger partial charge on any atom is -0.423 e. The SMILES string of the molecule is OB(O)c1ccc2nc(-c3ccccc3)c(-c3ccccc3)nc2c1. The second-order valence-electron chi connectivity index (χ2n) is 5.77. The molecule has 5 heteroatoms. The van der Waals surface area contributed by atoms with Gasteiger partial charge in [-0.05, 0) is 17.6 Å². The Labute approximate surface area is 145 Å². The van der Waals surface area contributed by atoms with E-state index in [4.69, 9.17) is 9.97 Å². The molecule has 0 spiro atoms. The van der Waals surface area contributed by atoms with Crippen LogP contribution in [0.25, 0.3) is 33.5 Å². The van der Waals surface area contributed by atoms with Crippen LogP contribution in [0.2, 0.25) is 0 Å². The summed E-state index contributed by atoms with van der Waals surface area (Å²) >= 11 is 0. The molecular weight excluding hydrogens is 311 g/mol. The average molecular weight is 326 g/mol. The maximum Gasteiger partial charge on any atom is 0.488 e. The highest BCUT2D eigenvalue weighted by atomic mass is 16.4. The first-order chi connectivity index (χ1) is 12.2. The molecule has 0 unspecified atom stereocenters. The van der Waals surface area contributed by atoms with Gasteiger partial charge in [0.2, 0.25) is 0 Å². The van der Waals surface area contributed by atoms with Crippen LogP contribution in [0, 0.1) is 0 Å². The van der Waals surface area contributed by atoms with E-state index in [-0.39, 0.29) is 0 Å². The summed E-state index contributed by atoms with van der Waals surface area (Å²) in [6.45, 7) is 0. The fourth-order valence-electron chi connectivity index (χ4n) is 2.83. The van der Waals surface area contributed by atoms with Crippen molar-refractivity contribution in [2.75, 3.05) is 0 Å². The van der Waals surface area contributed by atoms with E-state index >= 15 is 0 Å². The fraction of sp³-hybridized carbons (Fsp3) is 0. The minimum atomic E-state index is -1.53. The molecule has 0 saturated carbocycles. The maximum atomic E-state index is 9.41. The van der Waals surface area contributed by atoms with E-state index in [1.807, 2.05) is 60.7 Å². The Hall–Kier alpha value is -3.02. The third-order valence-corrected chi connectivity index (χ3v) is 4.08. The maximum absolute atomic E-state index is 9.41. The van der Waals surface area contributed by atoms with E-state index in [0.717, 1.165) is 22.5 Å². The third-order valence-electron chi connectivity index (χ3n) is 4.08. The van der Waals surface area contributed by atoms with Crippen LogP contribution in [0.15, 0.2) is 78.9 Å². The van der Waals surface area contributed by atoms with Crippen molar-refractivity contribution in [3.8, 4) is 22.5 Å². The molecule has 0 saturated heterocycles. The van der Waals surface area contributed by atoms with E-state index in [1.54, 1.807) is 18.2 Å². The van der Waals surface area contributed by atoms with Crippen LogP contribution in [0.5, 0.6) is 0 Å². The van der Waals surface area contributed by atoms with Crippen molar-refractivity contribution < 1.29 is 10.0 Å². The van der Waals surface area contributed by atoms with Gasteiger partial charge in [0.15, 0.2) is 0 Å². The van der Waals surface area contributed by atoms with Gasteiger partial charge in [0.05, 0.1) is 22.4 Å². The lowest BCUT2D eigenvalue weighted by atomic mass is 9.80. The van der Waals surface area contributed by atoms with Crippen molar-refractivity contribution in [3.63, 3.8) is 0 Å². The number of fused-ring (bicyclic) bond motifs is 1. The molecule has 4 rings (SSSR count). The summed E-state index contributed by atoms with van der Waals surface area (Å²) in [6, 6.07) is 24.9. The summed E-state index contributed by atoms with van der Waals surface area (Å²) in [5.74, 6) is 0. The van der Waals surface area contributed by atoms with Gasteiger partial charge in [-0.15, -0.1) is 0 Å². The Kier molecular flexibility index (Phi) is 4.02. The second kappa shape index (κ2) is 6.47. The Morgan fingerprint density at radius 3 is 1.64 bits per heavy atom. The number of aromatic nitrogens is 2. The molecule has 0 aliphatic rings. The van der Waals surface area contributed by atoms with Crippen molar-refractivity contribution in [1.82, 2.24) is 9.97 Å². The van der Waals surface area contributed by atoms with E-state index in [0.29, 0.717) is 16.5 Å². The van der Waals surface area contributed by atoms with Gasteiger partial charge in [0.25, 0.3) is 0 Å². The summed E-state index contributed by atoms with van der Waals surface area (Å²) in [4.78, 5) is 9.58. The molecule has 25 heavy (non-hydrogen) atoms. The predicted octanol–water partition coefficient (Wildman–Crippen LogP) is 2.64. The van der Waals surface area contributed by atoms with Gasteiger partial charge in [-0.2, -0.15) is 0 Å². The number of rotatable bonds is 3. The predicted molar refractivity (Wildman–Crippen MR) is 100 cm³/mol. The van der Waals surface area contributed by atoms with Crippen LogP contribution in [-0.2, 0) is 0 Å².